The Balaban J connectivity index is 0.973. The van der Waals surface area contributed by atoms with E-state index in [1.54, 1.807) is 12.1 Å². The van der Waals surface area contributed by atoms with Crippen LogP contribution in [0.3, 0.4) is 0 Å². The summed E-state index contributed by atoms with van der Waals surface area (Å²) >= 11 is 0. The maximum absolute atomic E-state index is 15.2. The number of carbonyl (C=O) groups excluding carboxylic acids is 2. The molecule has 2 heterocycles. The summed E-state index contributed by atoms with van der Waals surface area (Å²) < 4.78 is 15.2. The van der Waals surface area contributed by atoms with Gasteiger partial charge in [0.25, 0.3) is 0 Å². The van der Waals surface area contributed by atoms with E-state index >= 15 is 4.39 Å². The van der Waals surface area contributed by atoms with Crippen LogP contribution in [0.2, 0.25) is 0 Å². The molecule has 0 spiro atoms. The number of urea groups is 1. The summed E-state index contributed by atoms with van der Waals surface area (Å²) in [5, 5.41) is 15.3. The Bertz CT molecular complexity index is 1170. The van der Waals surface area contributed by atoms with E-state index in [0.29, 0.717) is 42.2 Å². The second-order valence-electron chi connectivity index (χ2n) is 15.5. The van der Waals surface area contributed by atoms with Gasteiger partial charge in [0.05, 0.1) is 12.3 Å². The van der Waals surface area contributed by atoms with E-state index in [4.69, 9.17) is 5.11 Å². The molecule has 8 nitrogen and oxygen atoms in total. The minimum atomic E-state index is -0.409. The molecule has 0 radical (unpaired) electrons. The molecule has 4 atom stereocenters. The van der Waals surface area contributed by atoms with Gasteiger partial charge in [0.15, 0.2) is 0 Å². The van der Waals surface area contributed by atoms with Gasteiger partial charge >= 0.3 is 6.03 Å². The van der Waals surface area contributed by atoms with Crippen LogP contribution in [0.1, 0.15) is 83.6 Å². The first-order chi connectivity index (χ1) is 20.5. The molecule has 9 heteroatoms. The van der Waals surface area contributed by atoms with Crippen molar-refractivity contribution in [1.29, 1.82) is 0 Å². The largest absolute Gasteiger partial charge is 0.395 e. The minimum absolute atomic E-state index is 0.177. The maximum Gasteiger partial charge on any atom is 0.319 e. The molecule has 1 aromatic rings. The van der Waals surface area contributed by atoms with Crippen LogP contribution < -0.4 is 10.6 Å². The number of hydrogen-bond acceptors (Lipinski definition) is 5. The number of hydrogen-bond donors (Lipinski definition) is 3. The van der Waals surface area contributed by atoms with Gasteiger partial charge in [-0.25, -0.2) is 9.18 Å². The number of benzene rings is 1. The van der Waals surface area contributed by atoms with Crippen LogP contribution in [0, 0.1) is 28.5 Å². The lowest BCUT2D eigenvalue weighted by Gasteiger charge is -2.65. The van der Waals surface area contributed by atoms with E-state index in [2.05, 4.69) is 34.3 Å². The van der Waals surface area contributed by atoms with Gasteiger partial charge in [-0.05, 0) is 111 Å². The second kappa shape index (κ2) is 12.3. The Morgan fingerprint density at radius 3 is 2.37 bits per heavy atom. The van der Waals surface area contributed by atoms with Crippen molar-refractivity contribution in [2.45, 2.75) is 90.1 Å². The fourth-order valence-corrected chi connectivity index (χ4v) is 10.3. The topological polar surface area (TPSA) is 88.2 Å². The number of carbonyl (C=O) groups is 2. The molecule has 3 amide bonds. The number of aliphatic hydroxyl groups excluding tert-OH is 1. The third kappa shape index (κ3) is 7.20. The highest BCUT2D eigenvalue weighted by molar-refractivity contribution is 5.90. The summed E-state index contributed by atoms with van der Waals surface area (Å²) in [6.07, 6.45) is 10.4. The number of rotatable bonds is 8. The van der Waals surface area contributed by atoms with Crippen molar-refractivity contribution < 1.29 is 19.1 Å². The second-order valence-corrected chi connectivity index (χ2v) is 15.5. The molecule has 43 heavy (non-hydrogen) atoms. The molecule has 4 bridgehead atoms. The zero-order chi connectivity index (χ0) is 30.2. The lowest BCUT2D eigenvalue weighted by Crippen LogP contribution is -2.65. The van der Waals surface area contributed by atoms with E-state index in [-0.39, 0.29) is 29.8 Å². The summed E-state index contributed by atoms with van der Waals surface area (Å²) in [6, 6.07) is 4.84. The van der Waals surface area contributed by atoms with Crippen LogP contribution >= 0.6 is 0 Å². The molecule has 3 N–H and O–H groups in total. The monoisotopic (exact) mass is 597 g/mol. The molecule has 6 fully saturated rings. The molecule has 1 aromatic carbocycles. The first-order valence-electron chi connectivity index (χ1n) is 16.7. The lowest BCUT2D eigenvalue weighted by molar-refractivity contribution is -0.132. The average Bonchev–Trinajstić information content (AvgIpc) is 3.15. The van der Waals surface area contributed by atoms with E-state index in [0.717, 1.165) is 83.4 Å². The standard InChI is InChI=1S/C34H52FN5O3/c1-32-18-27-19-33(2,22-32)24-34(20-27,23-32)37-31(43)36-29-5-4-26(16-28(29)35)21-39-8-3-9-40(13-12-39)30(42)17-25-6-10-38(11-7-25)14-15-41/h4-5,16,25,27,41H,3,6-15,17-24H2,1-2H3,(H2,36,37,43)/t27?,32-,33+,34?. The van der Waals surface area contributed by atoms with Gasteiger partial charge in [-0.3, -0.25) is 9.69 Å². The summed E-state index contributed by atoms with van der Waals surface area (Å²) in [5.74, 6) is 0.943. The average molecular weight is 598 g/mol. The smallest absolute Gasteiger partial charge is 0.319 e. The Morgan fingerprint density at radius 1 is 0.953 bits per heavy atom. The third-order valence-electron chi connectivity index (χ3n) is 11.2. The van der Waals surface area contributed by atoms with E-state index in [9.17, 15) is 9.59 Å². The van der Waals surface area contributed by atoms with Crippen LogP contribution in [-0.4, -0.2) is 89.7 Å². The van der Waals surface area contributed by atoms with Gasteiger partial charge in [-0.15, -0.1) is 0 Å². The molecule has 7 rings (SSSR count). The molecule has 4 saturated carbocycles. The summed E-state index contributed by atoms with van der Waals surface area (Å²) in [7, 11) is 0. The van der Waals surface area contributed by atoms with Crippen molar-refractivity contribution in [3.8, 4) is 0 Å². The zero-order valence-electron chi connectivity index (χ0n) is 26.3. The molecule has 2 aliphatic heterocycles. The number of piperidine rings is 1. The van der Waals surface area contributed by atoms with Gasteiger partial charge in [0, 0.05) is 51.2 Å². The van der Waals surface area contributed by atoms with Gasteiger partial charge in [-0.2, -0.15) is 0 Å². The van der Waals surface area contributed by atoms with Crippen LogP contribution in [0.25, 0.3) is 0 Å². The van der Waals surface area contributed by atoms with Gasteiger partial charge in [0.2, 0.25) is 5.91 Å². The predicted molar refractivity (Wildman–Crippen MR) is 166 cm³/mol. The molecule has 0 aromatic heterocycles. The Hall–Kier alpha value is -2.23. The number of aliphatic hydroxyl groups is 1. The van der Waals surface area contributed by atoms with Crippen molar-refractivity contribution >= 4 is 17.6 Å². The highest BCUT2D eigenvalue weighted by Gasteiger charge is 2.60. The van der Waals surface area contributed by atoms with Crippen molar-refractivity contribution in [3.05, 3.63) is 29.6 Å². The highest BCUT2D eigenvalue weighted by Crippen LogP contribution is 2.66. The van der Waals surface area contributed by atoms with Gasteiger partial charge in [-0.1, -0.05) is 19.9 Å². The Morgan fingerprint density at radius 2 is 1.70 bits per heavy atom. The zero-order valence-corrected chi connectivity index (χ0v) is 26.3. The number of amides is 3. The number of β-amino-alcohol motifs (C(OH)–C–C–N with tert-alkyl or cyclic N) is 1. The first-order valence-corrected chi connectivity index (χ1v) is 16.7. The number of nitrogens with zero attached hydrogens (tertiary/aromatic N) is 3. The Kier molecular flexibility index (Phi) is 8.79. The fraction of sp³-hybridized carbons (Fsp3) is 0.765. The highest BCUT2D eigenvalue weighted by atomic mass is 19.1. The SMILES string of the molecule is C[C@]12CC3CC(NC(=O)Nc4ccc(CN5CCCN(C(=O)CC6CCN(CCO)CC6)CC5)cc4F)(C1)C[C@@](C)(C3)C2. The molecular formula is C34H52FN5O3. The van der Waals surface area contributed by atoms with Crippen LogP contribution in [0.5, 0.6) is 0 Å². The van der Waals surface area contributed by atoms with Crippen molar-refractivity contribution in [1.82, 2.24) is 20.0 Å². The van der Waals surface area contributed by atoms with Gasteiger partial charge < -0.3 is 25.5 Å². The van der Waals surface area contributed by atoms with Crippen LogP contribution in [0.4, 0.5) is 14.9 Å². The lowest BCUT2D eigenvalue weighted by atomic mass is 9.43. The maximum atomic E-state index is 15.2. The molecular weight excluding hydrogens is 545 g/mol. The molecule has 6 aliphatic rings. The molecule has 2 saturated heterocycles. The number of halogens is 1. The van der Waals surface area contributed by atoms with Crippen molar-refractivity contribution in [2.24, 2.45) is 22.7 Å². The summed E-state index contributed by atoms with van der Waals surface area (Å²) in [5.41, 5.74) is 1.51. The van der Waals surface area contributed by atoms with E-state index in [1.807, 2.05) is 11.0 Å². The predicted octanol–water partition coefficient (Wildman–Crippen LogP) is 4.82. The summed E-state index contributed by atoms with van der Waals surface area (Å²) in [4.78, 5) is 32.7. The third-order valence-corrected chi connectivity index (χ3v) is 11.2. The number of likely N-dealkylation sites (tertiary alicyclic amines) is 1. The minimum Gasteiger partial charge on any atom is -0.395 e. The van der Waals surface area contributed by atoms with Crippen molar-refractivity contribution in [2.75, 3.05) is 57.7 Å². The Labute approximate surface area is 256 Å². The first kappa shape index (κ1) is 30.8. The summed E-state index contributed by atoms with van der Waals surface area (Å²) in [6.45, 7) is 11.3. The number of anilines is 1. The van der Waals surface area contributed by atoms with E-state index < -0.39 is 5.82 Å². The van der Waals surface area contributed by atoms with Crippen LogP contribution in [-0.2, 0) is 11.3 Å². The normalized spacial score (nSPS) is 33.4. The van der Waals surface area contributed by atoms with Crippen LogP contribution in [0.15, 0.2) is 18.2 Å². The quantitative estimate of drug-likeness (QED) is 0.400. The fourth-order valence-electron chi connectivity index (χ4n) is 10.3. The molecule has 2 unspecified atom stereocenters. The van der Waals surface area contributed by atoms with Crippen molar-refractivity contribution in [3.63, 3.8) is 0 Å². The number of nitrogens with one attached hydrogen (secondary N) is 2. The van der Waals surface area contributed by atoms with E-state index in [1.165, 1.54) is 19.3 Å². The molecule has 238 valence electrons. The van der Waals surface area contributed by atoms with Gasteiger partial charge in [0.1, 0.15) is 5.82 Å². The molecule has 4 aliphatic carbocycles.